The van der Waals surface area contributed by atoms with Crippen molar-refractivity contribution < 1.29 is 4.79 Å². The number of ketones is 1. The van der Waals surface area contributed by atoms with Crippen LogP contribution >= 0.6 is 0 Å². The number of benzene rings is 2. The number of hydrogen-bond acceptors (Lipinski definition) is 1. The van der Waals surface area contributed by atoms with E-state index in [4.69, 9.17) is 0 Å². The smallest absolute Gasteiger partial charge is 0.134 e. The Morgan fingerprint density at radius 2 is 1.94 bits per heavy atom. The van der Waals surface area contributed by atoms with Gasteiger partial charge in [0.15, 0.2) is 0 Å². The van der Waals surface area contributed by atoms with Crippen LogP contribution in [0.4, 0.5) is 0 Å². The zero-order chi connectivity index (χ0) is 11.5. The fourth-order valence-corrected chi connectivity index (χ4v) is 2.08. The maximum absolute atomic E-state index is 11.3. The molecule has 0 amide bonds. The molecule has 0 atom stereocenters. The highest BCUT2D eigenvalue weighted by atomic mass is 16.1. The number of rotatable bonds is 3. The van der Waals surface area contributed by atoms with Gasteiger partial charge in [0.2, 0.25) is 0 Å². The van der Waals surface area contributed by atoms with E-state index in [0.717, 1.165) is 12.0 Å². The van der Waals surface area contributed by atoms with Crippen molar-refractivity contribution >= 4 is 16.6 Å². The third-order valence-corrected chi connectivity index (χ3v) is 2.85. The Morgan fingerprint density at radius 1 is 1.19 bits per heavy atom. The van der Waals surface area contributed by atoms with Gasteiger partial charge in [0, 0.05) is 6.42 Å². The summed E-state index contributed by atoms with van der Waals surface area (Å²) in [5, 5.41) is 2.44. The lowest BCUT2D eigenvalue weighted by molar-refractivity contribution is -0.116. The first-order valence-corrected chi connectivity index (χ1v) is 5.70. The van der Waals surface area contributed by atoms with Crippen LogP contribution in [0.2, 0.25) is 0 Å². The largest absolute Gasteiger partial charge is 0.300 e. The normalized spacial score (nSPS) is 10.6. The van der Waals surface area contributed by atoms with Crippen LogP contribution in [-0.2, 0) is 17.6 Å². The van der Waals surface area contributed by atoms with Gasteiger partial charge in [-0.15, -0.1) is 0 Å². The summed E-state index contributed by atoms with van der Waals surface area (Å²) in [4.78, 5) is 11.3. The topological polar surface area (TPSA) is 17.1 Å². The van der Waals surface area contributed by atoms with E-state index in [1.807, 2.05) is 12.1 Å². The summed E-state index contributed by atoms with van der Waals surface area (Å²) in [6, 6.07) is 12.6. The van der Waals surface area contributed by atoms with Crippen molar-refractivity contribution in [3.05, 3.63) is 47.5 Å². The second-order valence-corrected chi connectivity index (χ2v) is 4.21. The Morgan fingerprint density at radius 3 is 2.62 bits per heavy atom. The van der Waals surface area contributed by atoms with Crippen LogP contribution in [-0.4, -0.2) is 5.78 Å². The maximum atomic E-state index is 11.3. The first-order valence-electron chi connectivity index (χ1n) is 5.70. The number of fused-ring (bicyclic) bond motifs is 1. The standard InChI is InChI=1S/C15H16O/c1-3-12-9-13-6-4-5-7-15(13)14(10-12)8-11(2)16/h4-7,9-10H,3,8H2,1-2H3. The van der Waals surface area contributed by atoms with Crippen LogP contribution in [0.1, 0.15) is 25.0 Å². The Kier molecular flexibility index (Phi) is 3.04. The minimum absolute atomic E-state index is 0.221. The van der Waals surface area contributed by atoms with Crippen LogP contribution in [0.25, 0.3) is 10.8 Å². The molecule has 0 heterocycles. The molecule has 0 N–H and O–H groups in total. The second kappa shape index (κ2) is 4.48. The summed E-state index contributed by atoms with van der Waals surface area (Å²) in [7, 11) is 0. The third-order valence-electron chi connectivity index (χ3n) is 2.85. The highest BCUT2D eigenvalue weighted by Crippen LogP contribution is 2.22. The molecule has 0 aromatic heterocycles. The average molecular weight is 212 g/mol. The van der Waals surface area contributed by atoms with Gasteiger partial charge in [0.05, 0.1) is 0 Å². The van der Waals surface area contributed by atoms with E-state index in [2.05, 4.69) is 31.2 Å². The van der Waals surface area contributed by atoms with Gasteiger partial charge in [0.1, 0.15) is 5.78 Å². The maximum Gasteiger partial charge on any atom is 0.134 e. The molecule has 0 aliphatic carbocycles. The second-order valence-electron chi connectivity index (χ2n) is 4.21. The molecule has 82 valence electrons. The van der Waals surface area contributed by atoms with Crippen LogP contribution in [0, 0.1) is 0 Å². The Labute approximate surface area is 96.1 Å². The Bertz CT molecular complexity index is 526. The zero-order valence-electron chi connectivity index (χ0n) is 9.79. The molecule has 2 rings (SSSR count). The summed E-state index contributed by atoms with van der Waals surface area (Å²) in [5.41, 5.74) is 2.46. The molecule has 1 heteroatoms. The summed E-state index contributed by atoms with van der Waals surface area (Å²) in [6.07, 6.45) is 1.55. The van der Waals surface area contributed by atoms with Crippen LogP contribution in [0.15, 0.2) is 36.4 Å². The highest BCUT2D eigenvalue weighted by Gasteiger charge is 2.05. The Hall–Kier alpha value is -1.63. The first kappa shape index (κ1) is 10.9. The summed E-state index contributed by atoms with van der Waals surface area (Å²) < 4.78 is 0. The first-order chi connectivity index (χ1) is 7.70. The van der Waals surface area contributed by atoms with Crippen molar-refractivity contribution in [1.82, 2.24) is 0 Å². The van der Waals surface area contributed by atoms with Crippen molar-refractivity contribution in [2.75, 3.05) is 0 Å². The number of carbonyl (C=O) groups is 1. The molecule has 1 nitrogen and oxygen atoms in total. The van der Waals surface area contributed by atoms with Crippen molar-refractivity contribution in [3.63, 3.8) is 0 Å². The van der Waals surface area contributed by atoms with E-state index in [9.17, 15) is 4.79 Å². The van der Waals surface area contributed by atoms with Gasteiger partial charge in [0.25, 0.3) is 0 Å². The molecule has 2 aromatic rings. The zero-order valence-corrected chi connectivity index (χ0v) is 9.79. The molecule has 0 aliphatic heterocycles. The van der Waals surface area contributed by atoms with E-state index >= 15 is 0 Å². The monoisotopic (exact) mass is 212 g/mol. The fourth-order valence-electron chi connectivity index (χ4n) is 2.08. The quantitative estimate of drug-likeness (QED) is 0.760. The molecule has 0 radical (unpaired) electrons. The predicted molar refractivity (Wildman–Crippen MR) is 67.7 cm³/mol. The van der Waals surface area contributed by atoms with E-state index in [-0.39, 0.29) is 5.78 Å². The van der Waals surface area contributed by atoms with Gasteiger partial charge in [-0.05, 0) is 35.2 Å². The lowest BCUT2D eigenvalue weighted by atomic mass is 9.97. The van der Waals surface area contributed by atoms with Crippen molar-refractivity contribution in [1.29, 1.82) is 0 Å². The Balaban J connectivity index is 2.63. The highest BCUT2D eigenvalue weighted by molar-refractivity contribution is 5.90. The third kappa shape index (κ3) is 2.13. The summed E-state index contributed by atoms with van der Waals surface area (Å²) >= 11 is 0. The number of aryl methyl sites for hydroxylation is 1. The SMILES string of the molecule is CCc1cc(CC(C)=O)c2ccccc2c1. The lowest BCUT2D eigenvalue weighted by Gasteiger charge is -2.08. The molecule has 16 heavy (non-hydrogen) atoms. The molecular weight excluding hydrogens is 196 g/mol. The molecule has 0 saturated carbocycles. The van der Waals surface area contributed by atoms with Crippen molar-refractivity contribution in [3.8, 4) is 0 Å². The molecule has 0 aliphatic rings. The molecule has 0 saturated heterocycles. The van der Waals surface area contributed by atoms with Gasteiger partial charge >= 0.3 is 0 Å². The van der Waals surface area contributed by atoms with Gasteiger partial charge in [-0.25, -0.2) is 0 Å². The van der Waals surface area contributed by atoms with Crippen molar-refractivity contribution in [2.24, 2.45) is 0 Å². The molecule has 0 fully saturated rings. The predicted octanol–water partition coefficient (Wildman–Crippen LogP) is 3.53. The molecule has 0 unspecified atom stereocenters. The summed E-state index contributed by atoms with van der Waals surface area (Å²) in [6.45, 7) is 3.79. The van der Waals surface area contributed by atoms with Gasteiger partial charge in [-0.1, -0.05) is 43.3 Å². The van der Waals surface area contributed by atoms with Crippen LogP contribution in [0.3, 0.4) is 0 Å². The minimum atomic E-state index is 0.221. The summed E-state index contributed by atoms with van der Waals surface area (Å²) in [5.74, 6) is 0.221. The molecule has 0 spiro atoms. The van der Waals surface area contributed by atoms with E-state index in [1.54, 1.807) is 6.92 Å². The fraction of sp³-hybridized carbons (Fsp3) is 0.267. The molecule has 0 bridgehead atoms. The lowest BCUT2D eigenvalue weighted by Crippen LogP contribution is -1.98. The number of carbonyl (C=O) groups excluding carboxylic acids is 1. The minimum Gasteiger partial charge on any atom is -0.300 e. The average Bonchev–Trinajstić information content (AvgIpc) is 2.28. The van der Waals surface area contributed by atoms with Gasteiger partial charge in [-0.3, -0.25) is 4.79 Å². The van der Waals surface area contributed by atoms with E-state index in [1.165, 1.54) is 16.3 Å². The van der Waals surface area contributed by atoms with E-state index in [0.29, 0.717) is 6.42 Å². The van der Waals surface area contributed by atoms with Crippen LogP contribution < -0.4 is 0 Å². The molecular formula is C15H16O. The molecule has 2 aromatic carbocycles. The van der Waals surface area contributed by atoms with Crippen LogP contribution in [0.5, 0.6) is 0 Å². The van der Waals surface area contributed by atoms with Gasteiger partial charge < -0.3 is 0 Å². The number of Topliss-reactive ketones (excluding diaryl/α,β-unsaturated/α-hetero) is 1. The number of hydrogen-bond donors (Lipinski definition) is 0. The van der Waals surface area contributed by atoms with E-state index < -0.39 is 0 Å². The van der Waals surface area contributed by atoms with Gasteiger partial charge in [-0.2, -0.15) is 0 Å². The van der Waals surface area contributed by atoms with Crippen molar-refractivity contribution in [2.45, 2.75) is 26.7 Å².